The highest BCUT2D eigenvalue weighted by molar-refractivity contribution is 5.90. The van der Waals surface area contributed by atoms with E-state index in [1.165, 1.54) is 7.11 Å². The molecule has 0 saturated carbocycles. The van der Waals surface area contributed by atoms with Crippen LogP contribution in [0.5, 0.6) is 0 Å². The largest absolute Gasteiger partial charge is 0.465 e. The lowest BCUT2D eigenvalue weighted by molar-refractivity contribution is 0.0599. The fourth-order valence-electron chi connectivity index (χ4n) is 1.72. The second-order valence-corrected chi connectivity index (χ2v) is 3.75. The number of hydrogen-bond donors (Lipinski definition) is 0. The third-order valence-electron chi connectivity index (χ3n) is 2.69. The van der Waals surface area contributed by atoms with E-state index in [4.69, 9.17) is 4.74 Å². The van der Waals surface area contributed by atoms with Gasteiger partial charge in [0.15, 0.2) is 0 Å². The van der Waals surface area contributed by atoms with Crippen molar-refractivity contribution >= 4 is 5.97 Å². The summed E-state index contributed by atoms with van der Waals surface area (Å²) in [5, 5.41) is 0. The molecule has 0 saturated heterocycles. The lowest BCUT2D eigenvalue weighted by atomic mass is 10.1. The Labute approximate surface area is 99.9 Å². The standard InChI is InChI=1S/C13H14N2O2/c1-10-14-7-8-15(10)9-11-5-3-4-6-12(11)13(16)17-2/h3-8H,9H2,1-2H3. The SMILES string of the molecule is COC(=O)c1ccccc1Cn1ccnc1C. The number of nitrogens with zero attached hydrogens (tertiary/aromatic N) is 2. The van der Waals surface area contributed by atoms with E-state index in [0.717, 1.165) is 11.4 Å². The Kier molecular flexibility index (Phi) is 3.23. The Balaban J connectivity index is 2.33. The van der Waals surface area contributed by atoms with Crippen LogP contribution in [0.1, 0.15) is 21.7 Å². The van der Waals surface area contributed by atoms with Crippen LogP contribution >= 0.6 is 0 Å². The zero-order valence-corrected chi connectivity index (χ0v) is 9.88. The average Bonchev–Trinajstić information content (AvgIpc) is 2.75. The molecule has 1 aromatic carbocycles. The zero-order valence-electron chi connectivity index (χ0n) is 9.88. The third-order valence-corrected chi connectivity index (χ3v) is 2.69. The van der Waals surface area contributed by atoms with E-state index in [-0.39, 0.29) is 5.97 Å². The van der Waals surface area contributed by atoms with Gasteiger partial charge >= 0.3 is 5.97 Å². The van der Waals surface area contributed by atoms with Gasteiger partial charge in [-0.3, -0.25) is 0 Å². The van der Waals surface area contributed by atoms with Crippen LogP contribution in [0.25, 0.3) is 0 Å². The van der Waals surface area contributed by atoms with Crippen molar-refractivity contribution in [3.8, 4) is 0 Å². The summed E-state index contributed by atoms with van der Waals surface area (Å²) >= 11 is 0. The van der Waals surface area contributed by atoms with Gasteiger partial charge in [-0.05, 0) is 18.6 Å². The fraction of sp³-hybridized carbons (Fsp3) is 0.231. The predicted octanol–water partition coefficient (Wildman–Crippen LogP) is 2.03. The summed E-state index contributed by atoms with van der Waals surface area (Å²) in [6.07, 6.45) is 3.64. The summed E-state index contributed by atoms with van der Waals surface area (Å²) in [5.41, 5.74) is 1.53. The molecule has 0 aliphatic heterocycles. The normalized spacial score (nSPS) is 10.2. The number of imidazole rings is 1. The smallest absolute Gasteiger partial charge is 0.338 e. The maximum Gasteiger partial charge on any atom is 0.338 e. The van der Waals surface area contributed by atoms with E-state index in [2.05, 4.69) is 4.98 Å². The van der Waals surface area contributed by atoms with Gasteiger partial charge in [0.05, 0.1) is 12.7 Å². The molecule has 0 unspecified atom stereocenters. The number of benzene rings is 1. The van der Waals surface area contributed by atoms with Gasteiger partial charge in [0, 0.05) is 18.9 Å². The molecule has 0 aliphatic carbocycles. The van der Waals surface area contributed by atoms with Gasteiger partial charge in [0.25, 0.3) is 0 Å². The molecule has 17 heavy (non-hydrogen) atoms. The Morgan fingerprint density at radius 1 is 1.41 bits per heavy atom. The van der Waals surface area contributed by atoms with Crippen LogP contribution < -0.4 is 0 Å². The van der Waals surface area contributed by atoms with E-state index >= 15 is 0 Å². The molecule has 0 bridgehead atoms. The number of esters is 1. The molecule has 0 radical (unpaired) electrons. The molecule has 4 heteroatoms. The first-order valence-corrected chi connectivity index (χ1v) is 5.36. The molecule has 0 aliphatic rings. The summed E-state index contributed by atoms with van der Waals surface area (Å²) in [7, 11) is 1.39. The van der Waals surface area contributed by atoms with Crippen molar-refractivity contribution in [2.24, 2.45) is 0 Å². The van der Waals surface area contributed by atoms with E-state index in [9.17, 15) is 4.79 Å². The molecule has 1 heterocycles. The van der Waals surface area contributed by atoms with E-state index in [1.54, 1.807) is 12.3 Å². The predicted molar refractivity (Wildman–Crippen MR) is 63.8 cm³/mol. The summed E-state index contributed by atoms with van der Waals surface area (Å²) in [4.78, 5) is 15.8. The summed E-state index contributed by atoms with van der Waals surface area (Å²) < 4.78 is 6.75. The van der Waals surface area contributed by atoms with Crippen LogP contribution in [-0.4, -0.2) is 22.6 Å². The number of aryl methyl sites for hydroxylation is 1. The molecular weight excluding hydrogens is 216 g/mol. The lowest BCUT2D eigenvalue weighted by Crippen LogP contribution is -2.09. The molecule has 0 N–H and O–H groups in total. The van der Waals surface area contributed by atoms with E-state index in [1.807, 2.05) is 35.9 Å². The molecule has 88 valence electrons. The fourth-order valence-corrected chi connectivity index (χ4v) is 1.72. The molecule has 0 atom stereocenters. The second kappa shape index (κ2) is 4.82. The van der Waals surface area contributed by atoms with E-state index in [0.29, 0.717) is 12.1 Å². The van der Waals surface area contributed by atoms with Crippen molar-refractivity contribution in [3.05, 3.63) is 53.6 Å². The van der Waals surface area contributed by atoms with Crippen LogP contribution in [-0.2, 0) is 11.3 Å². The summed E-state index contributed by atoms with van der Waals surface area (Å²) in [6.45, 7) is 2.55. The first kappa shape index (κ1) is 11.4. The Bertz CT molecular complexity index is 532. The molecule has 0 fully saturated rings. The average molecular weight is 230 g/mol. The highest BCUT2D eigenvalue weighted by Gasteiger charge is 2.11. The number of carbonyl (C=O) groups excluding carboxylic acids is 1. The van der Waals surface area contributed by atoms with Gasteiger partial charge < -0.3 is 9.30 Å². The first-order valence-electron chi connectivity index (χ1n) is 5.36. The minimum absolute atomic E-state index is 0.307. The minimum Gasteiger partial charge on any atom is -0.465 e. The Hall–Kier alpha value is -2.10. The molecule has 4 nitrogen and oxygen atoms in total. The highest BCUT2D eigenvalue weighted by Crippen LogP contribution is 2.12. The molecular formula is C13H14N2O2. The summed E-state index contributed by atoms with van der Waals surface area (Å²) in [5.74, 6) is 0.614. The maximum atomic E-state index is 11.6. The van der Waals surface area contributed by atoms with E-state index < -0.39 is 0 Å². The number of carbonyl (C=O) groups is 1. The number of rotatable bonds is 3. The van der Waals surface area contributed by atoms with Gasteiger partial charge in [-0.1, -0.05) is 18.2 Å². The molecule has 2 aromatic rings. The minimum atomic E-state index is -0.307. The number of ether oxygens (including phenoxy) is 1. The van der Waals surface area contributed by atoms with Gasteiger partial charge in [-0.25, -0.2) is 9.78 Å². The molecule has 0 amide bonds. The van der Waals surface area contributed by atoms with Crippen molar-refractivity contribution in [2.45, 2.75) is 13.5 Å². The van der Waals surface area contributed by atoms with Crippen molar-refractivity contribution in [1.82, 2.24) is 9.55 Å². The van der Waals surface area contributed by atoms with Gasteiger partial charge in [-0.15, -0.1) is 0 Å². The highest BCUT2D eigenvalue weighted by atomic mass is 16.5. The van der Waals surface area contributed by atoms with Crippen LogP contribution in [0.3, 0.4) is 0 Å². The Morgan fingerprint density at radius 3 is 2.82 bits per heavy atom. The first-order chi connectivity index (χ1) is 8.22. The second-order valence-electron chi connectivity index (χ2n) is 3.75. The monoisotopic (exact) mass is 230 g/mol. The zero-order chi connectivity index (χ0) is 12.3. The topological polar surface area (TPSA) is 44.1 Å². The summed E-state index contributed by atoms with van der Waals surface area (Å²) in [6, 6.07) is 7.43. The molecule has 1 aromatic heterocycles. The maximum absolute atomic E-state index is 11.6. The number of aromatic nitrogens is 2. The van der Waals surface area contributed by atoms with Gasteiger partial charge in [0.2, 0.25) is 0 Å². The van der Waals surface area contributed by atoms with Crippen LogP contribution in [0, 0.1) is 6.92 Å². The molecule has 2 rings (SSSR count). The Morgan fingerprint density at radius 2 is 2.18 bits per heavy atom. The van der Waals surface area contributed by atoms with Gasteiger partial charge in [-0.2, -0.15) is 0 Å². The quantitative estimate of drug-likeness (QED) is 0.758. The van der Waals surface area contributed by atoms with Crippen LogP contribution in [0.4, 0.5) is 0 Å². The van der Waals surface area contributed by atoms with Crippen molar-refractivity contribution in [2.75, 3.05) is 7.11 Å². The number of hydrogen-bond acceptors (Lipinski definition) is 3. The third kappa shape index (κ3) is 2.36. The van der Waals surface area contributed by atoms with Crippen LogP contribution in [0.15, 0.2) is 36.7 Å². The molecule has 0 spiro atoms. The lowest BCUT2D eigenvalue weighted by Gasteiger charge is -2.09. The van der Waals surface area contributed by atoms with Crippen LogP contribution in [0.2, 0.25) is 0 Å². The van der Waals surface area contributed by atoms with Gasteiger partial charge in [0.1, 0.15) is 5.82 Å². The van der Waals surface area contributed by atoms with Crippen molar-refractivity contribution < 1.29 is 9.53 Å². The van der Waals surface area contributed by atoms with Crippen molar-refractivity contribution in [1.29, 1.82) is 0 Å². The number of methoxy groups -OCH3 is 1. The van der Waals surface area contributed by atoms with Crippen molar-refractivity contribution in [3.63, 3.8) is 0 Å².